The van der Waals surface area contributed by atoms with Gasteiger partial charge in [0, 0.05) is 19.6 Å². The molecule has 0 aromatic heterocycles. The van der Waals surface area contributed by atoms with E-state index in [4.69, 9.17) is 24.3 Å². The van der Waals surface area contributed by atoms with Gasteiger partial charge in [-0.3, -0.25) is 13.8 Å². The first-order chi connectivity index (χ1) is 27.9. The van der Waals surface area contributed by atoms with Crippen molar-refractivity contribution in [1.82, 2.24) is 0 Å². The minimum Gasteiger partial charge on any atom is -0.457 e. The first-order valence-electron chi connectivity index (χ1n) is 23.3. The van der Waals surface area contributed by atoms with Crippen LogP contribution in [0.15, 0.2) is 60.8 Å². The number of hydrogen-bond donors (Lipinski definition) is 2. The summed E-state index contributed by atoms with van der Waals surface area (Å²) in [5, 5.41) is 0. The number of nitrogens with two attached hydrogens (primary N) is 1. The molecule has 0 saturated carbocycles. The van der Waals surface area contributed by atoms with E-state index in [9.17, 15) is 14.3 Å². The molecule has 0 aliphatic heterocycles. The number of carbonyl (C=O) groups is 1. The molecule has 2 atom stereocenters. The number of unbranched alkanes of at least 4 members (excludes halogenated alkanes) is 21. The molecule has 2 unspecified atom stereocenters. The van der Waals surface area contributed by atoms with Crippen LogP contribution in [0.2, 0.25) is 0 Å². The molecule has 0 aliphatic carbocycles. The molecule has 0 heterocycles. The Morgan fingerprint density at radius 3 is 1.42 bits per heavy atom. The van der Waals surface area contributed by atoms with E-state index in [1.54, 1.807) is 0 Å². The number of phosphoric acid groups is 1. The average molecular weight is 822 g/mol. The van der Waals surface area contributed by atoms with Crippen molar-refractivity contribution in [3.05, 3.63) is 60.8 Å². The Morgan fingerprint density at radius 1 is 0.526 bits per heavy atom. The van der Waals surface area contributed by atoms with Crippen molar-refractivity contribution in [2.24, 2.45) is 5.73 Å². The molecular formula is C48H88NO7P. The maximum absolute atomic E-state index is 12.6. The van der Waals surface area contributed by atoms with Gasteiger partial charge in [-0.05, 0) is 83.5 Å². The molecule has 332 valence electrons. The van der Waals surface area contributed by atoms with Crippen LogP contribution in [0, 0.1) is 0 Å². The van der Waals surface area contributed by atoms with Gasteiger partial charge in [-0.25, -0.2) is 4.57 Å². The molecule has 0 bridgehead atoms. The van der Waals surface area contributed by atoms with Gasteiger partial charge in [-0.1, -0.05) is 171 Å². The highest BCUT2D eigenvalue weighted by Gasteiger charge is 2.25. The molecule has 9 heteroatoms. The molecule has 0 amide bonds. The maximum Gasteiger partial charge on any atom is 0.472 e. The van der Waals surface area contributed by atoms with E-state index in [0.29, 0.717) is 13.0 Å². The molecular weight excluding hydrogens is 734 g/mol. The van der Waals surface area contributed by atoms with E-state index in [-0.39, 0.29) is 32.3 Å². The van der Waals surface area contributed by atoms with E-state index in [0.717, 1.165) is 64.2 Å². The quantitative estimate of drug-likeness (QED) is 0.0270. The Kier molecular flexibility index (Phi) is 43.9. The second kappa shape index (κ2) is 45.3. The summed E-state index contributed by atoms with van der Waals surface area (Å²) in [6.07, 6.45) is 55.2. The van der Waals surface area contributed by atoms with Gasteiger partial charge in [0.05, 0.1) is 19.8 Å². The molecule has 0 radical (unpaired) electrons. The fraction of sp³-hybridized carbons (Fsp3) is 0.771. The summed E-state index contributed by atoms with van der Waals surface area (Å²) >= 11 is 0. The van der Waals surface area contributed by atoms with Gasteiger partial charge >= 0.3 is 13.8 Å². The summed E-state index contributed by atoms with van der Waals surface area (Å²) in [7, 11) is -4.29. The zero-order valence-corrected chi connectivity index (χ0v) is 37.7. The summed E-state index contributed by atoms with van der Waals surface area (Å²) in [6.45, 7) is 4.85. The summed E-state index contributed by atoms with van der Waals surface area (Å²) in [5.74, 6) is -0.343. The molecule has 0 aliphatic rings. The highest BCUT2D eigenvalue weighted by atomic mass is 31.2. The third-order valence-electron chi connectivity index (χ3n) is 9.66. The van der Waals surface area contributed by atoms with Crippen LogP contribution in [-0.2, 0) is 27.9 Å². The molecule has 0 fully saturated rings. The standard InChI is InChI=1S/C48H88NO7P/c1-3-5-7-9-11-13-15-17-19-21-23-24-26-28-30-32-34-36-38-40-43-53-45-47(46-55-57(51,52)54-44-42-49)56-48(50)41-39-37-35-33-31-29-27-25-22-20-18-16-14-12-10-8-6-4-2/h11,13-14,16-17,19-20,22-24,47H,3-10,12,15,18,21,25-46,49H2,1-2H3,(H,51,52)/b13-11-,16-14-,19-17-,22-20-,24-23-. The molecule has 0 spiro atoms. The number of phosphoric ester groups is 1. The highest BCUT2D eigenvalue weighted by molar-refractivity contribution is 7.47. The number of esters is 1. The normalized spacial score (nSPS) is 14.0. The maximum atomic E-state index is 12.6. The van der Waals surface area contributed by atoms with Crippen molar-refractivity contribution in [2.45, 2.75) is 206 Å². The second-order valence-electron chi connectivity index (χ2n) is 15.3. The van der Waals surface area contributed by atoms with E-state index in [2.05, 4.69) is 74.6 Å². The smallest absolute Gasteiger partial charge is 0.457 e. The van der Waals surface area contributed by atoms with E-state index < -0.39 is 13.9 Å². The lowest BCUT2D eigenvalue weighted by Crippen LogP contribution is -2.28. The third-order valence-corrected chi connectivity index (χ3v) is 10.6. The Balaban J connectivity index is 4.04. The Hall–Kier alpha value is -1.80. The lowest BCUT2D eigenvalue weighted by molar-refractivity contribution is -0.154. The largest absolute Gasteiger partial charge is 0.472 e. The first kappa shape index (κ1) is 55.2. The zero-order valence-electron chi connectivity index (χ0n) is 36.8. The van der Waals surface area contributed by atoms with Crippen molar-refractivity contribution in [3.63, 3.8) is 0 Å². The number of rotatable bonds is 44. The van der Waals surface area contributed by atoms with Crippen LogP contribution >= 0.6 is 7.82 Å². The number of ether oxygens (including phenoxy) is 2. The molecule has 8 nitrogen and oxygen atoms in total. The minimum atomic E-state index is -4.29. The van der Waals surface area contributed by atoms with Crippen LogP contribution in [0.4, 0.5) is 0 Å². The Bertz CT molecular complexity index is 1060. The Labute approximate surface area is 351 Å². The molecule has 0 aromatic rings. The minimum absolute atomic E-state index is 0.0947. The lowest BCUT2D eigenvalue weighted by atomic mass is 10.1. The van der Waals surface area contributed by atoms with Crippen LogP contribution in [-0.4, -0.2) is 49.9 Å². The first-order valence-corrected chi connectivity index (χ1v) is 24.8. The summed E-state index contributed by atoms with van der Waals surface area (Å²) < 4.78 is 33.5. The van der Waals surface area contributed by atoms with Gasteiger partial charge in [0.2, 0.25) is 0 Å². The van der Waals surface area contributed by atoms with E-state index in [1.807, 2.05) is 0 Å². The van der Waals surface area contributed by atoms with Gasteiger partial charge in [-0.2, -0.15) is 0 Å². The number of allylic oxidation sites excluding steroid dienone is 10. The van der Waals surface area contributed by atoms with Crippen LogP contribution < -0.4 is 5.73 Å². The van der Waals surface area contributed by atoms with Gasteiger partial charge in [-0.15, -0.1) is 0 Å². The molecule has 0 saturated heterocycles. The van der Waals surface area contributed by atoms with Gasteiger partial charge in [0.1, 0.15) is 6.10 Å². The van der Waals surface area contributed by atoms with Crippen molar-refractivity contribution in [1.29, 1.82) is 0 Å². The molecule has 0 aromatic carbocycles. The summed E-state index contributed by atoms with van der Waals surface area (Å²) in [5.41, 5.74) is 5.38. The van der Waals surface area contributed by atoms with E-state index >= 15 is 0 Å². The van der Waals surface area contributed by atoms with Crippen LogP contribution in [0.5, 0.6) is 0 Å². The van der Waals surface area contributed by atoms with Gasteiger partial charge < -0.3 is 20.1 Å². The summed E-state index contributed by atoms with van der Waals surface area (Å²) in [6, 6.07) is 0. The highest BCUT2D eigenvalue weighted by Crippen LogP contribution is 2.43. The molecule has 0 rings (SSSR count). The molecule has 57 heavy (non-hydrogen) atoms. The molecule has 3 N–H and O–H groups in total. The monoisotopic (exact) mass is 822 g/mol. The summed E-state index contributed by atoms with van der Waals surface area (Å²) in [4.78, 5) is 22.5. The van der Waals surface area contributed by atoms with E-state index in [1.165, 1.54) is 116 Å². The SMILES string of the molecule is CCCCC/C=C\C/C=C\C/C=C\CCCCCCCCCOCC(COP(=O)(O)OCCN)OC(=O)CCCCCCCCC/C=C\C/C=C\CCCCCC. The van der Waals surface area contributed by atoms with Gasteiger partial charge in [0.15, 0.2) is 0 Å². The van der Waals surface area contributed by atoms with Crippen LogP contribution in [0.1, 0.15) is 200 Å². The lowest BCUT2D eigenvalue weighted by Gasteiger charge is -2.20. The fourth-order valence-electron chi connectivity index (χ4n) is 6.21. The Morgan fingerprint density at radius 2 is 0.930 bits per heavy atom. The van der Waals surface area contributed by atoms with Crippen LogP contribution in [0.3, 0.4) is 0 Å². The predicted octanol–water partition coefficient (Wildman–Crippen LogP) is 14.1. The average Bonchev–Trinajstić information content (AvgIpc) is 3.20. The second-order valence-corrected chi connectivity index (χ2v) is 16.7. The van der Waals surface area contributed by atoms with Crippen LogP contribution in [0.25, 0.3) is 0 Å². The topological polar surface area (TPSA) is 117 Å². The third kappa shape index (κ3) is 45.1. The fourth-order valence-corrected chi connectivity index (χ4v) is 6.97. The van der Waals surface area contributed by atoms with Gasteiger partial charge in [0.25, 0.3) is 0 Å². The number of carbonyl (C=O) groups excluding carboxylic acids is 1. The predicted molar refractivity (Wildman–Crippen MR) is 242 cm³/mol. The zero-order chi connectivity index (χ0) is 41.6. The van der Waals surface area contributed by atoms with Crippen molar-refractivity contribution in [3.8, 4) is 0 Å². The number of hydrogen-bond acceptors (Lipinski definition) is 7. The van der Waals surface area contributed by atoms with Crippen molar-refractivity contribution in [2.75, 3.05) is 33.0 Å². The van der Waals surface area contributed by atoms with Crippen molar-refractivity contribution >= 4 is 13.8 Å². The van der Waals surface area contributed by atoms with Crippen molar-refractivity contribution < 1.29 is 32.8 Å².